The van der Waals surface area contributed by atoms with Crippen LogP contribution in [0.25, 0.3) is 0 Å². The molecular formula is C14H24O8P2. The van der Waals surface area contributed by atoms with Crippen molar-refractivity contribution in [1.82, 2.24) is 0 Å². The first-order valence-corrected chi connectivity index (χ1v) is 10.6. The molecule has 0 amide bonds. The van der Waals surface area contributed by atoms with Crippen LogP contribution in [0.2, 0.25) is 0 Å². The number of phosphoric acid groups is 2. The lowest BCUT2D eigenvalue weighted by molar-refractivity contribution is 0.166. The first-order chi connectivity index (χ1) is 11.4. The van der Waals surface area contributed by atoms with Crippen molar-refractivity contribution in [3.05, 3.63) is 24.3 Å². The van der Waals surface area contributed by atoms with Crippen molar-refractivity contribution in [2.75, 3.05) is 26.4 Å². The van der Waals surface area contributed by atoms with Gasteiger partial charge in [-0.3, -0.25) is 18.1 Å². The van der Waals surface area contributed by atoms with E-state index in [0.717, 1.165) is 0 Å². The molecule has 0 aliphatic heterocycles. The molecular weight excluding hydrogens is 358 g/mol. The first kappa shape index (κ1) is 21.2. The van der Waals surface area contributed by atoms with Gasteiger partial charge in [0, 0.05) is 6.07 Å². The molecule has 0 spiro atoms. The second-order valence-corrected chi connectivity index (χ2v) is 7.41. The summed E-state index contributed by atoms with van der Waals surface area (Å²) in [4.78, 5) is 0. The van der Waals surface area contributed by atoms with Crippen LogP contribution in [-0.2, 0) is 27.2 Å². The van der Waals surface area contributed by atoms with E-state index >= 15 is 0 Å². The Labute approximate surface area is 142 Å². The molecule has 0 heterocycles. The molecule has 0 N–H and O–H groups in total. The molecule has 0 saturated heterocycles. The van der Waals surface area contributed by atoms with Gasteiger partial charge in [0.1, 0.15) is 11.5 Å². The summed E-state index contributed by atoms with van der Waals surface area (Å²) in [6.45, 7) is 7.36. The third kappa shape index (κ3) is 6.93. The summed E-state index contributed by atoms with van der Waals surface area (Å²) in [5.74, 6) is 0.356. The average Bonchev–Trinajstić information content (AvgIpc) is 2.47. The zero-order chi connectivity index (χ0) is 18.1. The van der Waals surface area contributed by atoms with Gasteiger partial charge in [0.2, 0.25) is 0 Å². The molecule has 1 rings (SSSR count). The van der Waals surface area contributed by atoms with E-state index in [0.29, 0.717) is 0 Å². The lowest BCUT2D eigenvalue weighted by Crippen LogP contribution is -2.04. The van der Waals surface area contributed by atoms with Gasteiger partial charge >= 0.3 is 15.6 Å². The topological polar surface area (TPSA) is 89.5 Å². The molecule has 0 fully saturated rings. The second-order valence-electron chi connectivity index (χ2n) is 4.22. The maximum Gasteiger partial charge on any atom is 0.530 e. The zero-order valence-electron chi connectivity index (χ0n) is 14.3. The van der Waals surface area contributed by atoms with Gasteiger partial charge in [-0.15, -0.1) is 0 Å². The smallest absolute Gasteiger partial charge is 0.404 e. The summed E-state index contributed by atoms with van der Waals surface area (Å²) in [5, 5.41) is 0. The summed E-state index contributed by atoms with van der Waals surface area (Å²) in [5.41, 5.74) is 0. The van der Waals surface area contributed by atoms with Crippen molar-refractivity contribution < 1.29 is 36.3 Å². The van der Waals surface area contributed by atoms with Gasteiger partial charge < -0.3 is 9.05 Å². The van der Waals surface area contributed by atoms with Crippen molar-refractivity contribution >= 4 is 15.6 Å². The molecule has 1 aromatic carbocycles. The van der Waals surface area contributed by atoms with E-state index in [1.54, 1.807) is 45.9 Å². The Morgan fingerprint density at radius 1 is 0.708 bits per heavy atom. The Bertz CT molecular complexity index is 525. The van der Waals surface area contributed by atoms with Gasteiger partial charge in [-0.2, -0.15) is 0 Å². The van der Waals surface area contributed by atoms with Crippen LogP contribution in [0.15, 0.2) is 24.3 Å². The maximum atomic E-state index is 12.4. The molecule has 0 atom stereocenters. The largest absolute Gasteiger partial charge is 0.530 e. The van der Waals surface area contributed by atoms with Crippen molar-refractivity contribution in [3.8, 4) is 11.5 Å². The highest BCUT2D eigenvalue weighted by Crippen LogP contribution is 2.52. The van der Waals surface area contributed by atoms with E-state index in [-0.39, 0.29) is 37.9 Å². The van der Waals surface area contributed by atoms with Gasteiger partial charge in [-0.25, -0.2) is 9.13 Å². The van der Waals surface area contributed by atoms with Crippen LogP contribution >= 0.6 is 15.6 Å². The summed E-state index contributed by atoms with van der Waals surface area (Å²) in [6.07, 6.45) is 0. The molecule has 0 bridgehead atoms. The highest BCUT2D eigenvalue weighted by atomic mass is 31.2. The normalized spacial score (nSPS) is 12.2. The fraction of sp³-hybridized carbons (Fsp3) is 0.571. The molecule has 0 radical (unpaired) electrons. The van der Waals surface area contributed by atoms with Crippen LogP contribution in [0.3, 0.4) is 0 Å². The van der Waals surface area contributed by atoms with Gasteiger partial charge in [-0.1, -0.05) is 6.07 Å². The summed E-state index contributed by atoms with van der Waals surface area (Å²) < 4.78 is 55.6. The maximum absolute atomic E-state index is 12.4. The first-order valence-electron chi connectivity index (χ1n) is 7.67. The highest BCUT2D eigenvalue weighted by molar-refractivity contribution is 7.49. The SMILES string of the molecule is CCOP(=O)(OCC)Oc1cccc(OP(=O)(OCC)OCC)c1. The summed E-state index contributed by atoms with van der Waals surface area (Å²) in [6, 6.07) is 6.07. The summed E-state index contributed by atoms with van der Waals surface area (Å²) in [7, 11) is -7.45. The van der Waals surface area contributed by atoms with E-state index in [1.807, 2.05) is 0 Å². The zero-order valence-corrected chi connectivity index (χ0v) is 16.1. The quantitative estimate of drug-likeness (QED) is 0.476. The van der Waals surface area contributed by atoms with Gasteiger partial charge in [-0.05, 0) is 39.8 Å². The monoisotopic (exact) mass is 382 g/mol. The van der Waals surface area contributed by atoms with Gasteiger partial charge in [0.25, 0.3) is 0 Å². The van der Waals surface area contributed by atoms with E-state index in [1.165, 1.54) is 6.07 Å². The number of rotatable bonds is 12. The van der Waals surface area contributed by atoms with Crippen LogP contribution in [0, 0.1) is 0 Å². The summed E-state index contributed by atoms with van der Waals surface area (Å²) >= 11 is 0. The molecule has 0 unspecified atom stereocenters. The average molecular weight is 382 g/mol. The Morgan fingerprint density at radius 3 is 1.33 bits per heavy atom. The minimum atomic E-state index is -3.72. The number of hydrogen-bond donors (Lipinski definition) is 0. The molecule has 1 aromatic rings. The second kappa shape index (κ2) is 10.2. The molecule has 0 aliphatic carbocycles. The van der Waals surface area contributed by atoms with Crippen LogP contribution in [0.5, 0.6) is 11.5 Å². The lowest BCUT2D eigenvalue weighted by atomic mass is 10.3. The number of hydrogen-bond acceptors (Lipinski definition) is 8. The van der Waals surface area contributed by atoms with E-state index in [4.69, 9.17) is 27.1 Å². The minimum Gasteiger partial charge on any atom is -0.404 e. The molecule has 24 heavy (non-hydrogen) atoms. The Hall–Kier alpha value is -0.880. The predicted octanol–water partition coefficient (Wildman–Crippen LogP) is 4.81. The van der Waals surface area contributed by atoms with Crippen molar-refractivity contribution in [2.24, 2.45) is 0 Å². The molecule has 8 nitrogen and oxygen atoms in total. The standard InChI is InChI=1S/C14H24O8P2/c1-5-17-23(15,18-6-2)21-13-10-9-11-14(12-13)22-24(16,19-7-3)20-8-4/h9-12H,5-8H2,1-4H3. The number of benzene rings is 1. The Balaban J connectivity index is 2.93. The van der Waals surface area contributed by atoms with Crippen LogP contribution < -0.4 is 9.05 Å². The fourth-order valence-corrected chi connectivity index (χ4v) is 4.03. The van der Waals surface area contributed by atoms with Crippen molar-refractivity contribution in [1.29, 1.82) is 0 Å². The molecule has 10 heteroatoms. The molecule has 0 saturated carbocycles. The third-order valence-electron chi connectivity index (χ3n) is 2.39. The van der Waals surface area contributed by atoms with Crippen molar-refractivity contribution in [2.45, 2.75) is 27.7 Å². The third-order valence-corrected chi connectivity index (χ3v) is 5.56. The van der Waals surface area contributed by atoms with E-state index < -0.39 is 15.6 Å². The molecule has 0 aliphatic rings. The van der Waals surface area contributed by atoms with Crippen LogP contribution in [0.1, 0.15) is 27.7 Å². The highest BCUT2D eigenvalue weighted by Gasteiger charge is 2.29. The van der Waals surface area contributed by atoms with E-state index in [2.05, 4.69) is 0 Å². The Kier molecular flexibility index (Phi) is 8.98. The minimum absolute atomic E-state index is 0.164. The Morgan fingerprint density at radius 2 is 1.04 bits per heavy atom. The predicted molar refractivity (Wildman–Crippen MR) is 89.4 cm³/mol. The van der Waals surface area contributed by atoms with Gasteiger partial charge in [0.15, 0.2) is 0 Å². The fourth-order valence-electron chi connectivity index (χ4n) is 1.66. The molecule has 0 aromatic heterocycles. The van der Waals surface area contributed by atoms with E-state index in [9.17, 15) is 9.13 Å². The lowest BCUT2D eigenvalue weighted by Gasteiger charge is -2.19. The number of phosphoric ester groups is 2. The van der Waals surface area contributed by atoms with Crippen molar-refractivity contribution in [3.63, 3.8) is 0 Å². The van der Waals surface area contributed by atoms with Gasteiger partial charge in [0.05, 0.1) is 26.4 Å². The molecule has 138 valence electrons. The van der Waals surface area contributed by atoms with Crippen LogP contribution in [0.4, 0.5) is 0 Å². The van der Waals surface area contributed by atoms with Crippen LogP contribution in [-0.4, -0.2) is 26.4 Å².